The summed E-state index contributed by atoms with van der Waals surface area (Å²) in [5, 5.41) is 12.9. The lowest BCUT2D eigenvalue weighted by atomic mass is 10.2. The fourth-order valence-electron chi connectivity index (χ4n) is 1.37. The molecule has 2 rings (SSSR count). The quantitative estimate of drug-likeness (QED) is 0.893. The molecular weight excluding hydrogens is 226 g/mol. The Bertz CT molecular complexity index is 414. The van der Waals surface area contributed by atoms with Crippen LogP contribution in [-0.2, 0) is 6.42 Å². The van der Waals surface area contributed by atoms with Gasteiger partial charge in [-0.3, -0.25) is 0 Å². The molecule has 0 radical (unpaired) electrons. The minimum absolute atomic E-state index is 0.407. The number of aliphatic hydroxyl groups excluding tert-OH is 1. The topological polar surface area (TPSA) is 33.1 Å². The third kappa shape index (κ3) is 2.45. The van der Waals surface area contributed by atoms with Crippen molar-refractivity contribution in [2.75, 3.05) is 0 Å². The monoisotopic (exact) mass is 239 g/mol. The predicted molar refractivity (Wildman–Crippen MR) is 64.6 cm³/mol. The molecule has 0 saturated carbocycles. The third-order valence-electron chi connectivity index (χ3n) is 2.31. The number of aromatic nitrogens is 1. The van der Waals surface area contributed by atoms with Crippen LogP contribution in [0.15, 0.2) is 17.5 Å². The molecule has 1 unspecified atom stereocenters. The maximum absolute atomic E-state index is 9.94. The molecule has 0 saturated heterocycles. The highest BCUT2D eigenvalue weighted by Gasteiger charge is 2.12. The van der Waals surface area contributed by atoms with Crippen molar-refractivity contribution in [3.8, 4) is 0 Å². The molecular formula is C11H13NOS2. The van der Waals surface area contributed by atoms with Crippen molar-refractivity contribution in [2.45, 2.75) is 26.4 Å². The number of aryl methyl sites for hydroxylation is 2. The first kappa shape index (κ1) is 10.8. The highest BCUT2D eigenvalue weighted by atomic mass is 32.1. The van der Waals surface area contributed by atoms with Gasteiger partial charge in [-0.15, -0.1) is 22.7 Å². The van der Waals surface area contributed by atoms with Gasteiger partial charge in [-0.05, 0) is 25.3 Å². The van der Waals surface area contributed by atoms with Gasteiger partial charge in [-0.1, -0.05) is 6.07 Å². The molecule has 80 valence electrons. The second kappa shape index (κ2) is 4.43. The Balaban J connectivity index is 2.09. The molecule has 0 spiro atoms. The smallest absolute Gasteiger partial charge is 0.0960 e. The Hall–Kier alpha value is -0.710. The molecule has 0 fully saturated rings. The average Bonchev–Trinajstić information content (AvgIpc) is 2.77. The minimum Gasteiger partial charge on any atom is -0.387 e. The summed E-state index contributed by atoms with van der Waals surface area (Å²) in [5.74, 6) is 0. The Kier molecular flexibility index (Phi) is 3.19. The molecule has 2 heterocycles. The van der Waals surface area contributed by atoms with E-state index in [4.69, 9.17) is 0 Å². The summed E-state index contributed by atoms with van der Waals surface area (Å²) in [5.41, 5.74) is 1.08. The molecule has 2 aromatic rings. The van der Waals surface area contributed by atoms with Crippen LogP contribution in [0.2, 0.25) is 0 Å². The standard InChI is InChI=1S/C11H13NOS2/c1-7-8(2)15-11(12-7)6-9(13)10-4-3-5-14-10/h3-5,9,13H,6H2,1-2H3. The fourth-order valence-corrected chi connectivity index (χ4v) is 3.06. The molecule has 15 heavy (non-hydrogen) atoms. The van der Waals surface area contributed by atoms with Gasteiger partial charge >= 0.3 is 0 Å². The number of aliphatic hydroxyl groups is 1. The summed E-state index contributed by atoms with van der Waals surface area (Å²) in [7, 11) is 0. The van der Waals surface area contributed by atoms with E-state index >= 15 is 0 Å². The first-order valence-electron chi connectivity index (χ1n) is 4.81. The van der Waals surface area contributed by atoms with Gasteiger partial charge in [0.2, 0.25) is 0 Å². The molecule has 4 heteroatoms. The Morgan fingerprint density at radius 2 is 2.27 bits per heavy atom. The van der Waals surface area contributed by atoms with Gasteiger partial charge in [0.15, 0.2) is 0 Å². The van der Waals surface area contributed by atoms with Crippen LogP contribution in [0.25, 0.3) is 0 Å². The summed E-state index contributed by atoms with van der Waals surface area (Å²) in [6.45, 7) is 4.07. The number of hydrogen-bond acceptors (Lipinski definition) is 4. The van der Waals surface area contributed by atoms with Gasteiger partial charge in [0.1, 0.15) is 0 Å². The Morgan fingerprint density at radius 3 is 2.80 bits per heavy atom. The van der Waals surface area contributed by atoms with Crippen LogP contribution in [0.3, 0.4) is 0 Å². The molecule has 2 nitrogen and oxygen atoms in total. The van der Waals surface area contributed by atoms with E-state index in [1.165, 1.54) is 4.88 Å². The van der Waals surface area contributed by atoms with Crippen molar-refractivity contribution in [2.24, 2.45) is 0 Å². The highest BCUT2D eigenvalue weighted by molar-refractivity contribution is 7.11. The molecule has 0 aliphatic carbocycles. The molecule has 0 aliphatic rings. The van der Waals surface area contributed by atoms with Gasteiger partial charge in [0.25, 0.3) is 0 Å². The number of rotatable bonds is 3. The predicted octanol–water partition coefficient (Wildman–Crippen LogP) is 3.10. The van der Waals surface area contributed by atoms with E-state index in [0.717, 1.165) is 15.6 Å². The third-order valence-corrected chi connectivity index (χ3v) is 4.38. The van der Waals surface area contributed by atoms with Gasteiger partial charge in [0.05, 0.1) is 16.8 Å². The van der Waals surface area contributed by atoms with Crippen LogP contribution in [0.5, 0.6) is 0 Å². The van der Waals surface area contributed by atoms with Gasteiger partial charge in [0, 0.05) is 16.2 Å². The van der Waals surface area contributed by atoms with Crippen LogP contribution >= 0.6 is 22.7 Å². The normalized spacial score (nSPS) is 13.0. The van der Waals surface area contributed by atoms with Crippen molar-refractivity contribution in [1.29, 1.82) is 0 Å². The Morgan fingerprint density at radius 1 is 1.47 bits per heavy atom. The van der Waals surface area contributed by atoms with E-state index in [0.29, 0.717) is 6.42 Å². The zero-order chi connectivity index (χ0) is 10.8. The maximum atomic E-state index is 9.94. The first-order chi connectivity index (χ1) is 7.16. The second-order valence-corrected chi connectivity index (χ2v) is 5.75. The summed E-state index contributed by atoms with van der Waals surface area (Å²) in [6.07, 6.45) is 0.217. The van der Waals surface area contributed by atoms with E-state index < -0.39 is 6.10 Å². The first-order valence-corrected chi connectivity index (χ1v) is 6.51. The van der Waals surface area contributed by atoms with Crippen LogP contribution in [0, 0.1) is 13.8 Å². The van der Waals surface area contributed by atoms with Gasteiger partial charge < -0.3 is 5.11 Å². The van der Waals surface area contributed by atoms with Gasteiger partial charge in [-0.25, -0.2) is 4.98 Å². The van der Waals surface area contributed by atoms with E-state index in [2.05, 4.69) is 11.9 Å². The van der Waals surface area contributed by atoms with Crippen molar-refractivity contribution in [3.05, 3.63) is 38.0 Å². The van der Waals surface area contributed by atoms with Crippen molar-refractivity contribution in [3.63, 3.8) is 0 Å². The van der Waals surface area contributed by atoms with E-state index in [-0.39, 0.29) is 0 Å². The molecule has 1 atom stereocenters. The van der Waals surface area contributed by atoms with Crippen molar-refractivity contribution < 1.29 is 5.11 Å². The number of thiazole rings is 1. The number of nitrogens with zero attached hydrogens (tertiary/aromatic N) is 1. The van der Waals surface area contributed by atoms with Crippen molar-refractivity contribution >= 4 is 22.7 Å². The molecule has 0 aliphatic heterocycles. The summed E-state index contributed by atoms with van der Waals surface area (Å²) in [6, 6.07) is 3.92. The van der Waals surface area contributed by atoms with Crippen molar-refractivity contribution in [1.82, 2.24) is 4.98 Å². The largest absolute Gasteiger partial charge is 0.387 e. The summed E-state index contributed by atoms with van der Waals surface area (Å²) in [4.78, 5) is 6.68. The van der Waals surface area contributed by atoms with Crippen LogP contribution in [-0.4, -0.2) is 10.1 Å². The Labute approximate surface area is 97.2 Å². The number of thiophene rings is 1. The number of hydrogen-bond donors (Lipinski definition) is 1. The highest BCUT2D eigenvalue weighted by Crippen LogP contribution is 2.25. The molecule has 1 N–H and O–H groups in total. The van der Waals surface area contributed by atoms with E-state index in [1.807, 2.05) is 24.4 Å². The lowest BCUT2D eigenvalue weighted by Gasteiger charge is -2.04. The molecule has 2 aromatic heterocycles. The maximum Gasteiger partial charge on any atom is 0.0960 e. The lowest BCUT2D eigenvalue weighted by Crippen LogP contribution is -1.98. The second-order valence-electron chi connectivity index (χ2n) is 3.48. The van der Waals surface area contributed by atoms with Gasteiger partial charge in [-0.2, -0.15) is 0 Å². The molecule has 0 bridgehead atoms. The zero-order valence-electron chi connectivity index (χ0n) is 8.73. The average molecular weight is 239 g/mol. The minimum atomic E-state index is -0.407. The summed E-state index contributed by atoms with van der Waals surface area (Å²) < 4.78 is 0. The molecule has 0 aromatic carbocycles. The molecule has 0 amide bonds. The van der Waals surface area contributed by atoms with E-state index in [9.17, 15) is 5.11 Å². The fraction of sp³-hybridized carbons (Fsp3) is 0.364. The van der Waals surface area contributed by atoms with Crippen LogP contribution < -0.4 is 0 Å². The van der Waals surface area contributed by atoms with Crippen LogP contribution in [0.4, 0.5) is 0 Å². The SMILES string of the molecule is Cc1nc(CC(O)c2cccs2)sc1C. The lowest BCUT2D eigenvalue weighted by molar-refractivity contribution is 0.182. The summed E-state index contributed by atoms with van der Waals surface area (Å²) >= 11 is 3.26. The zero-order valence-corrected chi connectivity index (χ0v) is 10.4. The van der Waals surface area contributed by atoms with Crippen LogP contribution in [0.1, 0.15) is 26.6 Å². The van der Waals surface area contributed by atoms with E-state index in [1.54, 1.807) is 22.7 Å².